The van der Waals surface area contributed by atoms with Gasteiger partial charge >= 0.3 is 21.7 Å². The summed E-state index contributed by atoms with van der Waals surface area (Å²) in [5, 5.41) is 8.44. The van der Waals surface area contributed by atoms with Crippen LogP contribution in [0.25, 0.3) is 0 Å². The summed E-state index contributed by atoms with van der Waals surface area (Å²) >= 11 is 0. The van der Waals surface area contributed by atoms with Crippen molar-refractivity contribution >= 4 is 0 Å². The Morgan fingerprint density at radius 1 is 1.33 bits per heavy atom. The van der Waals surface area contributed by atoms with Crippen LogP contribution < -0.4 is 0 Å². The van der Waals surface area contributed by atoms with Crippen LogP contribution in [0.4, 0.5) is 0 Å². The first-order valence-electron chi connectivity index (χ1n) is 4.16. The molecule has 1 N–H and O–H groups in total. The summed E-state index contributed by atoms with van der Waals surface area (Å²) in [6.45, 7) is 8.12. The van der Waals surface area contributed by atoms with E-state index in [1.54, 1.807) is 0 Å². The smallest absolute Gasteiger partial charge is 0.394 e. The van der Waals surface area contributed by atoms with Crippen molar-refractivity contribution in [2.24, 2.45) is 0 Å². The monoisotopic (exact) mass is 206 g/mol. The maximum absolute atomic E-state index is 8.44. The number of hydrogen-bond donors (Lipinski definition) is 1. The molecule has 1 aliphatic heterocycles. The van der Waals surface area contributed by atoms with E-state index >= 15 is 0 Å². The van der Waals surface area contributed by atoms with Crippen molar-refractivity contribution in [3.8, 4) is 0 Å². The summed E-state index contributed by atoms with van der Waals surface area (Å²) in [5.41, 5.74) is 0. The molecule has 0 radical (unpaired) electrons. The predicted molar refractivity (Wildman–Crippen MR) is 46.0 cm³/mol. The first kappa shape index (κ1) is 15.1. The zero-order chi connectivity index (χ0) is 8.53. The maximum Gasteiger partial charge on any atom is 2.00 e. The molecule has 0 aliphatic carbocycles. The second-order valence-electron chi connectivity index (χ2n) is 2.52. The average molecular weight is 206 g/mol. The number of aliphatic hydroxyl groups excluding tert-OH is 1. The molecular formula is C9H18O2Ti. The van der Waals surface area contributed by atoms with E-state index < -0.39 is 0 Å². The van der Waals surface area contributed by atoms with E-state index in [0.29, 0.717) is 0 Å². The summed E-state index contributed by atoms with van der Waals surface area (Å²) in [7, 11) is 0. The van der Waals surface area contributed by atoms with Crippen LogP contribution in [0, 0.1) is 13.8 Å². The summed E-state index contributed by atoms with van der Waals surface area (Å²) in [5.74, 6) is 0. The van der Waals surface area contributed by atoms with Gasteiger partial charge in [0.15, 0.2) is 0 Å². The van der Waals surface area contributed by atoms with Crippen LogP contribution in [0.3, 0.4) is 0 Å². The molecule has 1 fully saturated rings. The number of hydrogen-bond acceptors (Lipinski definition) is 2. The Bertz CT molecular complexity index is 70.9. The van der Waals surface area contributed by atoms with Gasteiger partial charge in [0.05, 0.1) is 12.7 Å². The number of aliphatic hydroxyl groups is 1. The molecule has 0 aromatic rings. The largest absolute Gasteiger partial charge is 2.00 e. The molecule has 1 heterocycles. The Balaban J connectivity index is 0. The van der Waals surface area contributed by atoms with Crippen LogP contribution in [0.1, 0.15) is 25.7 Å². The molecule has 70 valence electrons. The first-order valence-corrected chi connectivity index (χ1v) is 4.16. The van der Waals surface area contributed by atoms with Gasteiger partial charge in [0.2, 0.25) is 0 Å². The van der Waals surface area contributed by atoms with E-state index in [-0.39, 0.29) is 34.4 Å². The fourth-order valence-corrected chi connectivity index (χ4v) is 0.788. The minimum absolute atomic E-state index is 0. The Kier molecular flexibility index (Phi) is 14.7. The van der Waals surface area contributed by atoms with E-state index in [2.05, 4.69) is 13.8 Å². The van der Waals surface area contributed by atoms with Crippen molar-refractivity contribution in [2.45, 2.75) is 31.8 Å². The minimum Gasteiger partial charge on any atom is -0.394 e. The third kappa shape index (κ3) is 8.73. The van der Waals surface area contributed by atoms with Gasteiger partial charge < -0.3 is 23.7 Å². The normalized spacial score (nSPS) is 20.8. The van der Waals surface area contributed by atoms with Gasteiger partial charge in [-0.15, -0.1) is 0 Å². The minimum atomic E-state index is 0. The first-order chi connectivity index (χ1) is 5.35. The summed E-state index contributed by atoms with van der Waals surface area (Å²) in [6, 6.07) is 0. The maximum atomic E-state index is 8.44. The van der Waals surface area contributed by atoms with Crippen LogP contribution in [0.15, 0.2) is 0 Å². The van der Waals surface area contributed by atoms with Crippen molar-refractivity contribution in [3.05, 3.63) is 13.8 Å². The molecule has 0 saturated carbocycles. The standard InChI is InChI=1S/C5H10O2.C4H8.Ti/c6-4-5-2-1-3-7-5;1-3-4-2;/h5-6H,1-4H2;1-4H2;/q;-2;+2. The fourth-order valence-electron chi connectivity index (χ4n) is 0.788. The van der Waals surface area contributed by atoms with E-state index in [9.17, 15) is 0 Å². The van der Waals surface area contributed by atoms with Gasteiger partial charge in [-0.3, -0.25) is 0 Å². The number of ether oxygens (including phenoxy) is 1. The van der Waals surface area contributed by atoms with Gasteiger partial charge in [0, 0.05) is 6.61 Å². The van der Waals surface area contributed by atoms with E-state index in [0.717, 1.165) is 32.3 Å². The van der Waals surface area contributed by atoms with Crippen LogP contribution >= 0.6 is 0 Å². The van der Waals surface area contributed by atoms with Crippen molar-refractivity contribution in [2.75, 3.05) is 13.2 Å². The predicted octanol–water partition coefficient (Wildman–Crippen LogP) is 1.59. The molecule has 0 aromatic heterocycles. The second-order valence-corrected chi connectivity index (χ2v) is 2.52. The molecule has 0 aromatic carbocycles. The summed E-state index contributed by atoms with van der Waals surface area (Å²) < 4.78 is 5.05. The van der Waals surface area contributed by atoms with Gasteiger partial charge in [-0.2, -0.15) is 0 Å². The fraction of sp³-hybridized carbons (Fsp3) is 0.778. The Morgan fingerprint density at radius 3 is 2.08 bits per heavy atom. The molecule has 12 heavy (non-hydrogen) atoms. The molecular weight excluding hydrogens is 188 g/mol. The molecule has 1 unspecified atom stereocenters. The van der Waals surface area contributed by atoms with E-state index in [1.807, 2.05) is 0 Å². The van der Waals surface area contributed by atoms with Gasteiger partial charge in [0.1, 0.15) is 0 Å². The summed E-state index contributed by atoms with van der Waals surface area (Å²) in [6.07, 6.45) is 4.22. The summed E-state index contributed by atoms with van der Waals surface area (Å²) in [4.78, 5) is 0. The Labute approximate surface area is 90.6 Å². The van der Waals surface area contributed by atoms with Crippen LogP contribution in [0.2, 0.25) is 0 Å². The van der Waals surface area contributed by atoms with Crippen molar-refractivity contribution in [1.82, 2.24) is 0 Å². The Morgan fingerprint density at radius 2 is 1.92 bits per heavy atom. The topological polar surface area (TPSA) is 29.5 Å². The molecule has 1 aliphatic rings. The van der Waals surface area contributed by atoms with Crippen molar-refractivity contribution in [3.63, 3.8) is 0 Å². The number of unbranched alkanes of at least 4 members (excludes halogenated alkanes) is 1. The molecule has 0 amide bonds. The van der Waals surface area contributed by atoms with Gasteiger partial charge in [-0.25, -0.2) is 12.8 Å². The van der Waals surface area contributed by atoms with Crippen LogP contribution in [0.5, 0.6) is 0 Å². The Hall–Kier alpha value is 0.634. The average Bonchev–Trinajstić information content (AvgIpc) is 2.56. The van der Waals surface area contributed by atoms with Crippen molar-refractivity contribution < 1.29 is 31.6 Å². The molecule has 1 rings (SSSR count). The van der Waals surface area contributed by atoms with E-state index in [4.69, 9.17) is 9.84 Å². The molecule has 3 heteroatoms. The molecule has 0 spiro atoms. The molecule has 1 atom stereocenters. The van der Waals surface area contributed by atoms with Crippen LogP contribution in [-0.4, -0.2) is 24.4 Å². The molecule has 2 nitrogen and oxygen atoms in total. The second kappa shape index (κ2) is 11.6. The van der Waals surface area contributed by atoms with E-state index in [1.165, 1.54) is 0 Å². The van der Waals surface area contributed by atoms with Gasteiger partial charge in [0.25, 0.3) is 0 Å². The van der Waals surface area contributed by atoms with Gasteiger partial charge in [-0.05, 0) is 12.8 Å². The number of rotatable bonds is 2. The molecule has 1 saturated heterocycles. The molecule has 0 bridgehead atoms. The van der Waals surface area contributed by atoms with Crippen molar-refractivity contribution in [1.29, 1.82) is 0 Å². The third-order valence-corrected chi connectivity index (χ3v) is 1.48. The van der Waals surface area contributed by atoms with Gasteiger partial charge in [-0.1, -0.05) is 0 Å². The van der Waals surface area contributed by atoms with Crippen LogP contribution in [-0.2, 0) is 26.5 Å². The SMILES string of the molecule is OCC1CCCO1.[CH2-]CC[CH2-].[Ti+2]. The third-order valence-electron chi connectivity index (χ3n) is 1.48. The quantitative estimate of drug-likeness (QED) is 0.549. The zero-order valence-electron chi connectivity index (χ0n) is 7.59. The zero-order valence-corrected chi connectivity index (χ0v) is 9.15.